The minimum Gasteiger partial charge on any atom is -0.480 e. The van der Waals surface area contributed by atoms with Gasteiger partial charge in [-0.1, -0.05) is 0 Å². The van der Waals surface area contributed by atoms with E-state index in [2.05, 4.69) is 17.7 Å². The number of aliphatic carboxylic acids is 1. The molecule has 0 amide bonds. The Morgan fingerprint density at radius 2 is 2.50 bits per heavy atom. The molecule has 1 spiro atoms. The van der Waals surface area contributed by atoms with Crippen LogP contribution in [0, 0.1) is 7.05 Å². The van der Waals surface area contributed by atoms with Gasteiger partial charge in [-0.25, -0.2) is 4.90 Å². The van der Waals surface area contributed by atoms with Crippen LogP contribution in [0.5, 0.6) is 0 Å². The van der Waals surface area contributed by atoms with Gasteiger partial charge in [0.25, 0.3) is 0 Å². The van der Waals surface area contributed by atoms with E-state index < -0.39 is 17.1 Å². The predicted molar refractivity (Wildman–Crippen MR) is 61.4 cm³/mol. The van der Waals surface area contributed by atoms with E-state index in [9.17, 15) is 4.79 Å². The molecule has 3 saturated heterocycles. The second kappa shape index (κ2) is 5.30. The van der Waals surface area contributed by atoms with E-state index >= 15 is 0 Å². The summed E-state index contributed by atoms with van der Waals surface area (Å²) in [7, 11) is 3.59. The maximum atomic E-state index is 11.1. The summed E-state index contributed by atoms with van der Waals surface area (Å²) in [5.41, 5.74) is 0. The van der Waals surface area contributed by atoms with Gasteiger partial charge in [0, 0.05) is 30.4 Å². The maximum absolute atomic E-state index is 11.1. The van der Waals surface area contributed by atoms with Gasteiger partial charge in [0.1, 0.15) is 6.04 Å². The fraction of sp³-hybridized carbons (Fsp3) is 0.778. The first-order valence-corrected chi connectivity index (χ1v) is 6.47. The largest absolute Gasteiger partial charge is 0.480 e. The third-order valence-corrected chi connectivity index (χ3v) is 4.77. The quantitative estimate of drug-likeness (QED) is 0.553. The molecule has 3 atom stereocenters. The molecule has 3 N–H and O–H groups in total. The summed E-state index contributed by atoms with van der Waals surface area (Å²) in [6, 6.07) is -0.287. The first-order valence-electron chi connectivity index (χ1n) is 5.49. The van der Waals surface area contributed by atoms with Crippen molar-refractivity contribution in [1.29, 1.82) is 0 Å². The van der Waals surface area contributed by atoms with Crippen molar-refractivity contribution < 1.29 is 33.3 Å². The molecule has 3 heterocycles. The number of carbonyl (C=O) groups is 1. The van der Waals surface area contributed by atoms with Crippen molar-refractivity contribution in [3.05, 3.63) is 7.05 Å². The predicted octanol–water partition coefficient (Wildman–Crippen LogP) is -1.35. The zero-order chi connectivity index (χ0) is 12.0. The third-order valence-electron chi connectivity index (χ3n) is 3.33. The minimum atomic E-state index is -0.770. The van der Waals surface area contributed by atoms with Gasteiger partial charge in [-0.3, -0.25) is 22.0 Å². The van der Waals surface area contributed by atoms with Gasteiger partial charge in [-0.2, -0.15) is 0 Å². The van der Waals surface area contributed by atoms with Crippen molar-refractivity contribution in [1.82, 2.24) is 20.6 Å². The minimum absolute atomic E-state index is 0. The number of hydroxylamine groups is 2. The number of nitrogens with zero attached hydrogens (tertiary/aromatic N) is 2. The Bertz CT molecular complexity index is 350. The summed E-state index contributed by atoms with van der Waals surface area (Å²) < 4.78 is 0. The number of thioether (sulfide) groups is 1. The average Bonchev–Trinajstić information content (AvgIpc) is 2.54. The van der Waals surface area contributed by atoms with E-state index in [1.165, 1.54) is 0 Å². The number of carboxylic acids is 1. The standard InChI is InChI=1S/C9H15N4O3S.V/c1-10-2-6-3-16-13-5-12-7(8(14)15)4-17-9(12,13)11-6;/h6-7,10-11H,1-5H2,(H,14,15);/q-1;. The van der Waals surface area contributed by atoms with Gasteiger partial charge in [0.15, 0.2) is 0 Å². The smallest absolute Gasteiger partial charge is 0.321 e. The van der Waals surface area contributed by atoms with Gasteiger partial charge in [-0.15, -0.1) is 16.8 Å². The fourth-order valence-electron chi connectivity index (χ4n) is 2.45. The van der Waals surface area contributed by atoms with Crippen LogP contribution in [-0.2, 0) is 28.2 Å². The van der Waals surface area contributed by atoms with E-state index in [1.807, 2.05) is 9.96 Å². The average molecular weight is 310 g/mol. The van der Waals surface area contributed by atoms with E-state index in [1.54, 1.807) is 11.8 Å². The van der Waals surface area contributed by atoms with Gasteiger partial charge in [0.05, 0.1) is 13.3 Å². The van der Waals surface area contributed by atoms with Crippen molar-refractivity contribution in [2.75, 3.05) is 25.6 Å². The van der Waals surface area contributed by atoms with Crippen LogP contribution >= 0.6 is 11.8 Å². The number of carboxylic acid groups (broad SMARTS) is 1. The van der Waals surface area contributed by atoms with E-state index in [0.29, 0.717) is 25.6 Å². The van der Waals surface area contributed by atoms with Crippen LogP contribution < -0.4 is 10.6 Å². The molecule has 0 saturated carbocycles. The monoisotopic (exact) mass is 310 g/mol. The summed E-state index contributed by atoms with van der Waals surface area (Å²) in [6.45, 7) is 1.82. The molecule has 1 radical (unpaired) electrons. The van der Waals surface area contributed by atoms with Crippen LogP contribution in [-0.4, -0.2) is 63.8 Å². The molecule has 7 nitrogen and oxygen atoms in total. The summed E-state index contributed by atoms with van der Waals surface area (Å²) in [5, 5.41) is 16.8. The Kier molecular flexibility index (Phi) is 4.30. The SMILES string of the molecule is [CH2-]NCC1CON2CN3C(C(=O)O)CSC23N1.[V]. The molecule has 0 aromatic rings. The van der Waals surface area contributed by atoms with Gasteiger partial charge < -0.3 is 10.4 Å². The van der Waals surface area contributed by atoms with Crippen molar-refractivity contribution in [3.63, 3.8) is 0 Å². The molecule has 9 heteroatoms. The first-order chi connectivity index (χ1) is 8.17. The van der Waals surface area contributed by atoms with Crippen molar-refractivity contribution in [2.24, 2.45) is 0 Å². The Morgan fingerprint density at radius 1 is 1.72 bits per heavy atom. The van der Waals surface area contributed by atoms with E-state index in [4.69, 9.17) is 9.94 Å². The van der Waals surface area contributed by atoms with Crippen LogP contribution in [0.3, 0.4) is 0 Å². The second-order valence-corrected chi connectivity index (χ2v) is 5.55. The summed E-state index contributed by atoms with van der Waals surface area (Å²) in [6.07, 6.45) is 0. The zero-order valence-corrected chi connectivity index (χ0v) is 11.9. The summed E-state index contributed by atoms with van der Waals surface area (Å²) >= 11 is 1.58. The molecular formula is C9H15N4O3SV-. The molecule has 0 bridgehead atoms. The van der Waals surface area contributed by atoms with Crippen molar-refractivity contribution in [3.8, 4) is 0 Å². The molecule has 3 aliphatic heterocycles. The maximum Gasteiger partial charge on any atom is 0.321 e. The van der Waals surface area contributed by atoms with Crippen LogP contribution in [0.25, 0.3) is 0 Å². The van der Waals surface area contributed by atoms with E-state index in [0.717, 1.165) is 0 Å². The molecule has 3 fully saturated rings. The number of rotatable bonds is 3. The second-order valence-electron chi connectivity index (χ2n) is 4.35. The summed E-state index contributed by atoms with van der Waals surface area (Å²) in [4.78, 5) is 18.7. The van der Waals surface area contributed by atoms with Gasteiger partial charge in [0.2, 0.25) is 5.12 Å². The summed E-state index contributed by atoms with van der Waals surface area (Å²) in [5.74, 6) is -0.194. The van der Waals surface area contributed by atoms with E-state index in [-0.39, 0.29) is 24.6 Å². The van der Waals surface area contributed by atoms with Crippen LogP contribution in [0.4, 0.5) is 0 Å². The fourth-order valence-corrected chi connectivity index (χ4v) is 4.01. The Balaban J connectivity index is 0.00000120. The Labute approximate surface area is 121 Å². The Morgan fingerprint density at radius 3 is 3.17 bits per heavy atom. The molecule has 0 aliphatic carbocycles. The van der Waals surface area contributed by atoms with Gasteiger partial charge >= 0.3 is 5.97 Å². The van der Waals surface area contributed by atoms with Gasteiger partial charge in [-0.05, 0) is 6.54 Å². The third kappa shape index (κ3) is 2.01. The molecule has 101 valence electrons. The molecule has 0 aromatic carbocycles. The van der Waals surface area contributed by atoms with Crippen LogP contribution in [0.2, 0.25) is 0 Å². The number of hydrogen-bond donors (Lipinski definition) is 3. The van der Waals surface area contributed by atoms with Crippen LogP contribution in [0.15, 0.2) is 0 Å². The number of hydrogen-bond acceptors (Lipinski definition) is 7. The van der Waals surface area contributed by atoms with Crippen molar-refractivity contribution in [2.45, 2.75) is 17.2 Å². The number of nitrogens with one attached hydrogen (secondary N) is 2. The molecular weight excluding hydrogens is 295 g/mol. The topological polar surface area (TPSA) is 77.1 Å². The molecule has 3 rings (SSSR count). The first kappa shape index (κ1) is 14.6. The Hall–Kier alpha value is 0.204. The molecule has 18 heavy (non-hydrogen) atoms. The van der Waals surface area contributed by atoms with Crippen molar-refractivity contribution >= 4 is 17.7 Å². The molecule has 3 aliphatic rings. The zero-order valence-electron chi connectivity index (χ0n) is 9.70. The molecule has 0 aromatic heterocycles. The molecule has 3 unspecified atom stereocenters. The van der Waals surface area contributed by atoms with Crippen LogP contribution in [0.1, 0.15) is 0 Å². The normalized spacial score (nSPS) is 39.4.